The van der Waals surface area contributed by atoms with E-state index in [0.717, 1.165) is 25.3 Å². The summed E-state index contributed by atoms with van der Waals surface area (Å²) in [6.07, 6.45) is 4.01. The average Bonchev–Trinajstić information content (AvgIpc) is 2.92. The third-order valence-corrected chi connectivity index (χ3v) is 3.27. The first-order valence-corrected chi connectivity index (χ1v) is 6.38. The molecule has 0 atom stereocenters. The topological polar surface area (TPSA) is 50.1 Å². The van der Waals surface area contributed by atoms with Gasteiger partial charge in [-0.15, -0.1) is 0 Å². The minimum atomic E-state index is 0.736. The van der Waals surface area contributed by atoms with Crippen LogP contribution in [-0.4, -0.2) is 11.7 Å². The second kappa shape index (κ2) is 5.23. The summed E-state index contributed by atoms with van der Waals surface area (Å²) in [5.74, 6) is 0. The number of benzene rings is 1. The van der Waals surface area contributed by atoms with Crippen molar-refractivity contribution in [3.63, 3.8) is 0 Å². The van der Waals surface area contributed by atoms with Crippen LogP contribution in [-0.2, 0) is 19.5 Å². The van der Waals surface area contributed by atoms with Gasteiger partial charge in [0.15, 0.2) is 0 Å². The number of hydrogen-bond donors (Lipinski definition) is 2. The Morgan fingerprint density at radius 1 is 1.28 bits per heavy atom. The Balaban J connectivity index is 1.65. The molecule has 4 nitrogen and oxygen atoms in total. The zero-order valence-corrected chi connectivity index (χ0v) is 10.3. The Morgan fingerprint density at radius 3 is 3.17 bits per heavy atom. The van der Waals surface area contributed by atoms with E-state index in [1.165, 1.54) is 29.7 Å². The zero-order valence-electron chi connectivity index (χ0n) is 10.3. The lowest BCUT2D eigenvalue weighted by atomic mass is 9.99. The second-order valence-corrected chi connectivity index (χ2v) is 4.58. The fraction of sp³-hybridized carbons (Fsp3) is 0.357. The van der Waals surface area contributed by atoms with Gasteiger partial charge in [-0.05, 0) is 24.0 Å². The van der Waals surface area contributed by atoms with Crippen LogP contribution < -0.4 is 10.6 Å². The van der Waals surface area contributed by atoms with E-state index in [1.807, 2.05) is 6.07 Å². The molecule has 3 rings (SSSR count). The predicted molar refractivity (Wildman–Crippen MR) is 70.3 cm³/mol. The molecule has 2 N–H and O–H groups in total. The molecule has 0 spiro atoms. The van der Waals surface area contributed by atoms with E-state index in [-0.39, 0.29) is 0 Å². The molecule has 2 aromatic rings. The van der Waals surface area contributed by atoms with Crippen molar-refractivity contribution in [2.45, 2.75) is 25.9 Å². The Labute approximate surface area is 106 Å². The van der Waals surface area contributed by atoms with Crippen LogP contribution in [0.25, 0.3) is 0 Å². The van der Waals surface area contributed by atoms with Crippen molar-refractivity contribution in [1.82, 2.24) is 10.5 Å². The van der Waals surface area contributed by atoms with Crippen molar-refractivity contribution in [2.24, 2.45) is 0 Å². The van der Waals surface area contributed by atoms with Crippen molar-refractivity contribution in [3.05, 3.63) is 47.3 Å². The molecule has 18 heavy (non-hydrogen) atoms. The molecule has 0 fully saturated rings. The first-order chi connectivity index (χ1) is 8.93. The Bertz CT molecular complexity index is 508. The van der Waals surface area contributed by atoms with Gasteiger partial charge < -0.3 is 15.2 Å². The van der Waals surface area contributed by atoms with E-state index in [2.05, 4.69) is 34.0 Å². The first kappa shape index (κ1) is 11.3. The van der Waals surface area contributed by atoms with E-state index in [4.69, 9.17) is 4.52 Å². The fourth-order valence-electron chi connectivity index (χ4n) is 2.38. The number of anilines is 1. The molecule has 1 aromatic carbocycles. The smallest absolute Gasteiger partial charge is 0.124 e. The highest BCUT2D eigenvalue weighted by Gasteiger charge is 2.11. The van der Waals surface area contributed by atoms with Crippen LogP contribution in [0.1, 0.15) is 23.2 Å². The molecule has 1 aliphatic rings. The lowest BCUT2D eigenvalue weighted by Gasteiger charge is -2.21. The molecular weight excluding hydrogens is 226 g/mol. The van der Waals surface area contributed by atoms with Crippen LogP contribution in [0.5, 0.6) is 0 Å². The molecule has 1 aliphatic heterocycles. The number of para-hydroxylation sites is 1. The Kier molecular flexibility index (Phi) is 3.28. The molecule has 1 aromatic heterocycles. The largest absolute Gasteiger partial charge is 0.385 e. The number of aromatic nitrogens is 1. The summed E-state index contributed by atoms with van der Waals surface area (Å²) in [6.45, 7) is 2.66. The van der Waals surface area contributed by atoms with Crippen molar-refractivity contribution in [2.75, 3.05) is 11.9 Å². The maximum Gasteiger partial charge on any atom is 0.124 e. The van der Waals surface area contributed by atoms with Crippen LogP contribution >= 0.6 is 0 Å². The molecule has 0 unspecified atom stereocenters. The Hall–Kier alpha value is -1.81. The average molecular weight is 243 g/mol. The molecule has 0 saturated carbocycles. The number of nitrogens with zero attached hydrogens (tertiary/aromatic N) is 1. The van der Waals surface area contributed by atoms with Gasteiger partial charge in [0.2, 0.25) is 0 Å². The fourth-order valence-corrected chi connectivity index (χ4v) is 2.38. The summed E-state index contributed by atoms with van der Waals surface area (Å²) >= 11 is 0. The first-order valence-electron chi connectivity index (χ1n) is 6.38. The lowest BCUT2D eigenvalue weighted by molar-refractivity contribution is 0.408. The summed E-state index contributed by atoms with van der Waals surface area (Å²) in [5.41, 5.74) is 5.02. The van der Waals surface area contributed by atoms with Gasteiger partial charge >= 0.3 is 0 Å². The number of aryl methyl sites for hydroxylation is 1. The molecule has 94 valence electrons. The van der Waals surface area contributed by atoms with Crippen LogP contribution in [0.4, 0.5) is 5.69 Å². The van der Waals surface area contributed by atoms with Crippen LogP contribution in [0.2, 0.25) is 0 Å². The summed E-state index contributed by atoms with van der Waals surface area (Å²) in [6, 6.07) is 8.40. The standard InChI is InChI=1S/C14H17N3O/c1-3-11-5-2-7-16-14(11)12(4-1)9-15-10-13-6-8-18-17-13/h1,3-4,6,8,15-16H,2,5,7,9-10H2. The normalized spacial score (nSPS) is 14.0. The third kappa shape index (κ3) is 2.38. The van der Waals surface area contributed by atoms with Gasteiger partial charge in [0.05, 0.1) is 5.69 Å². The summed E-state index contributed by atoms with van der Waals surface area (Å²) < 4.78 is 4.81. The third-order valence-electron chi connectivity index (χ3n) is 3.27. The SMILES string of the molecule is c1cc2c(c(CNCc3ccon3)c1)NCCC2. The maximum atomic E-state index is 4.81. The minimum Gasteiger partial charge on any atom is -0.385 e. The van der Waals surface area contributed by atoms with Crippen LogP contribution in [0.3, 0.4) is 0 Å². The summed E-state index contributed by atoms with van der Waals surface area (Å²) in [4.78, 5) is 0. The number of hydrogen-bond acceptors (Lipinski definition) is 4. The molecule has 0 bridgehead atoms. The highest BCUT2D eigenvalue weighted by atomic mass is 16.5. The van der Waals surface area contributed by atoms with Gasteiger partial charge in [-0.3, -0.25) is 0 Å². The van der Waals surface area contributed by atoms with E-state index >= 15 is 0 Å². The van der Waals surface area contributed by atoms with Gasteiger partial charge in [0, 0.05) is 31.4 Å². The minimum absolute atomic E-state index is 0.736. The predicted octanol–water partition coefficient (Wildman–Crippen LogP) is 2.32. The van der Waals surface area contributed by atoms with Crippen molar-refractivity contribution in [1.29, 1.82) is 0 Å². The van der Waals surface area contributed by atoms with E-state index in [1.54, 1.807) is 6.26 Å². The highest BCUT2D eigenvalue weighted by Crippen LogP contribution is 2.25. The molecule has 4 heteroatoms. The summed E-state index contributed by atoms with van der Waals surface area (Å²) in [5, 5.41) is 10.8. The van der Waals surface area contributed by atoms with E-state index in [0.29, 0.717) is 0 Å². The quantitative estimate of drug-likeness (QED) is 0.865. The van der Waals surface area contributed by atoms with Crippen molar-refractivity contribution in [3.8, 4) is 0 Å². The van der Waals surface area contributed by atoms with E-state index in [9.17, 15) is 0 Å². The van der Waals surface area contributed by atoms with Crippen molar-refractivity contribution < 1.29 is 4.52 Å². The van der Waals surface area contributed by atoms with Crippen LogP contribution in [0, 0.1) is 0 Å². The van der Waals surface area contributed by atoms with Gasteiger partial charge in [-0.2, -0.15) is 0 Å². The van der Waals surface area contributed by atoms with Gasteiger partial charge in [0.25, 0.3) is 0 Å². The monoisotopic (exact) mass is 243 g/mol. The lowest BCUT2D eigenvalue weighted by Crippen LogP contribution is -2.18. The van der Waals surface area contributed by atoms with Gasteiger partial charge in [-0.25, -0.2) is 0 Å². The molecule has 0 aliphatic carbocycles. The maximum absolute atomic E-state index is 4.81. The zero-order chi connectivity index (χ0) is 12.2. The molecule has 0 amide bonds. The van der Waals surface area contributed by atoms with Crippen molar-refractivity contribution >= 4 is 5.69 Å². The molecular formula is C14H17N3O. The molecule has 2 heterocycles. The highest BCUT2D eigenvalue weighted by molar-refractivity contribution is 5.59. The van der Waals surface area contributed by atoms with Gasteiger partial charge in [0.1, 0.15) is 6.26 Å². The summed E-state index contributed by atoms with van der Waals surface area (Å²) in [7, 11) is 0. The number of nitrogens with one attached hydrogen (secondary N) is 2. The molecule has 0 saturated heterocycles. The van der Waals surface area contributed by atoms with E-state index < -0.39 is 0 Å². The molecule has 0 radical (unpaired) electrons. The van der Waals surface area contributed by atoms with Crippen LogP contribution in [0.15, 0.2) is 35.1 Å². The van der Waals surface area contributed by atoms with Gasteiger partial charge in [-0.1, -0.05) is 23.4 Å². The Morgan fingerprint density at radius 2 is 2.28 bits per heavy atom. The number of rotatable bonds is 4. The second-order valence-electron chi connectivity index (χ2n) is 4.58. The number of fused-ring (bicyclic) bond motifs is 1.